The van der Waals surface area contributed by atoms with E-state index < -0.39 is 17.3 Å². The van der Waals surface area contributed by atoms with Crippen LogP contribution < -0.4 is 5.84 Å². The topological polar surface area (TPSA) is 132 Å². The molecule has 47 heavy (non-hydrogen) atoms. The van der Waals surface area contributed by atoms with E-state index >= 15 is 0 Å². The van der Waals surface area contributed by atoms with E-state index in [1.165, 1.54) is 15.1 Å². The molecule has 3 aromatic rings. The largest absolute Gasteiger partial charge is 0.444 e. The zero-order valence-electron chi connectivity index (χ0n) is 29.1. The molecule has 1 aliphatic heterocycles. The molecule has 2 amide bonds. The van der Waals surface area contributed by atoms with Crippen molar-refractivity contribution in [3.63, 3.8) is 0 Å². The lowest BCUT2D eigenvalue weighted by atomic mass is 9.75. The van der Waals surface area contributed by atoms with Crippen molar-refractivity contribution in [3.8, 4) is 11.3 Å². The number of nitrogen functional groups attached to an aromatic ring is 1. The minimum Gasteiger partial charge on any atom is -0.444 e. The molecular weight excluding hydrogens is 594 g/mol. The highest BCUT2D eigenvalue weighted by atomic mass is 16.6. The predicted octanol–water partition coefficient (Wildman–Crippen LogP) is 7.29. The number of hydrogen-bond acceptors (Lipinski definition) is 7. The predicted molar refractivity (Wildman–Crippen MR) is 183 cm³/mol. The number of amides is 2. The number of rotatable bonds is 6. The second kappa shape index (κ2) is 12.6. The van der Waals surface area contributed by atoms with E-state index in [1.807, 2.05) is 54.7 Å². The monoisotopic (exact) mass is 643 g/mol. The van der Waals surface area contributed by atoms with Crippen LogP contribution in [0, 0.1) is 0 Å². The smallest absolute Gasteiger partial charge is 0.410 e. The summed E-state index contributed by atoms with van der Waals surface area (Å²) in [5, 5.41) is 0. The van der Waals surface area contributed by atoms with Crippen LogP contribution in [0.2, 0.25) is 0 Å². The SMILES string of the molecule is C[C@@H](c1ncc(-c2ccc(C3(C)C=CC(c4cnc([C@@H]5CCCN5C(=O)OC(C)(C)C)[nH]4)=CC3)cc2)n1N)N(C)C(=O)OC(C)(C)C. The molecule has 2 aromatic heterocycles. The van der Waals surface area contributed by atoms with Gasteiger partial charge in [0.1, 0.15) is 22.9 Å². The molecule has 3 atom stereocenters. The van der Waals surface area contributed by atoms with Gasteiger partial charge in [0.2, 0.25) is 0 Å². The van der Waals surface area contributed by atoms with Crippen LogP contribution in [0.5, 0.6) is 0 Å². The van der Waals surface area contributed by atoms with E-state index in [2.05, 4.69) is 64.4 Å². The maximum Gasteiger partial charge on any atom is 0.410 e. The molecule has 1 aromatic carbocycles. The third kappa shape index (κ3) is 7.39. The van der Waals surface area contributed by atoms with Gasteiger partial charge in [-0.15, -0.1) is 0 Å². The minimum absolute atomic E-state index is 0.120. The highest BCUT2D eigenvalue weighted by Gasteiger charge is 2.35. The number of hydrogen-bond donors (Lipinski definition) is 2. The highest BCUT2D eigenvalue weighted by molar-refractivity contribution is 5.74. The molecule has 11 nitrogen and oxygen atoms in total. The first kappa shape index (κ1) is 33.8. The van der Waals surface area contributed by atoms with Crippen LogP contribution in [0.25, 0.3) is 16.8 Å². The van der Waals surface area contributed by atoms with Crippen molar-refractivity contribution in [1.29, 1.82) is 0 Å². The van der Waals surface area contributed by atoms with E-state index in [4.69, 9.17) is 15.3 Å². The van der Waals surface area contributed by atoms with Crippen LogP contribution in [0.1, 0.15) is 110 Å². The lowest BCUT2D eigenvalue weighted by molar-refractivity contribution is 0.0211. The lowest BCUT2D eigenvalue weighted by Gasteiger charge is -2.29. The summed E-state index contributed by atoms with van der Waals surface area (Å²) in [5.74, 6) is 7.84. The summed E-state index contributed by atoms with van der Waals surface area (Å²) < 4.78 is 12.7. The number of nitrogens with one attached hydrogen (secondary N) is 1. The van der Waals surface area contributed by atoms with Crippen LogP contribution in [0.15, 0.2) is 54.9 Å². The summed E-state index contributed by atoms with van der Waals surface area (Å²) in [6.07, 6.45) is 12.0. The molecule has 252 valence electrons. The number of aromatic amines is 1. The lowest BCUT2D eigenvalue weighted by Crippen LogP contribution is -2.37. The zero-order chi connectivity index (χ0) is 34.3. The van der Waals surface area contributed by atoms with Gasteiger partial charge in [0, 0.05) is 24.6 Å². The number of nitrogens with zero attached hydrogens (tertiary/aromatic N) is 5. The van der Waals surface area contributed by atoms with E-state index in [0.717, 1.165) is 47.6 Å². The molecule has 5 rings (SSSR count). The van der Waals surface area contributed by atoms with Crippen LogP contribution in [0.4, 0.5) is 9.59 Å². The molecule has 1 saturated heterocycles. The van der Waals surface area contributed by atoms with Crippen molar-refractivity contribution in [3.05, 3.63) is 77.8 Å². The number of likely N-dealkylation sites (tertiary alicyclic amines) is 1. The average molecular weight is 644 g/mol. The van der Waals surface area contributed by atoms with E-state index in [0.29, 0.717) is 12.4 Å². The van der Waals surface area contributed by atoms with E-state index in [9.17, 15) is 9.59 Å². The number of allylic oxidation sites excluding steroid dienone is 4. The number of imidazole rings is 2. The van der Waals surface area contributed by atoms with Gasteiger partial charge in [-0.25, -0.2) is 24.2 Å². The molecule has 3 N–H and O–H groups in total. The van der Waals surface area contributed by atoms with Gasteiger partial charge in [-0.1, -0.05) is 49.4 Å². The summed E-state index contributed by atoms with van der Waals surface area (Å²) >= 11 is 0. The van der Waals surface area contributed by atoms with Gasteiger partial charge in [0.25, 0.3) is 0 Å². The van der Waals surface area contributed by atoms with Gasteiger partial charge in [-0.2, -0.15) is 0 Å². The Morgan fingerprint density at radius 3 is 2.36 bits per heavy atom. The van der Waals surface area contributed by atoms with E-state index in [-0.39, 0.29) is 23.6 Å². The Morgan fingerprint density at radius 2 is 1.74 bits per heavy atom. The molecule has 1 aliphatic carbocycles. The molecule has 0 spiro atoms. The van der Waals surface area contributed by atoms with Crippen molar-refractivity contribution in [1.82, 2.24) is 29.4 Å². The fourth-order valence-corrected chi connectivity index (χ4v) is 5.97. The van der Waals surface area contributed by atoms with Crippen molar-refractivity contribution >= 4 is 17.8 Å². The van der Waals surface area contributed by atoms with Crippen LogP contribution in [0.3, 0.4) is 0 Å². The van der Waals surface area contributed by atoms with Crippen molar-refractivity contribution in [2.45, 2.75) is 103 Å². The van der Waals surface area contributed by atoms with Gasteiger partial charge < -0.3 is 25.2 Å². The van der Waals surface area contributed by atoms with Crippen LogP contribution in [-0.4, -0.2) is 66.4 Å². The quantitative estimate of drug-likeness (QED) is 0.270. The van der Waals surface area contributed by atoms with Gasteiger partial charge in [0.05, 0.1) is 35.9 Å². The first-order valence-electron chi connectivity index (χ1n) is 16.3. The molecule has 3 heterocycles. The number of ether oxygens (including phenoxy) is 2. The normalized spacial score (nSPS) is 20.6. The van der Waals surface area contributed by atoms with Gasteiger partial charge in [-0.3, -0.25) is 4.90 Å². The Kier molecular flexibility index (Phi) is 9.05. The van der Waals surface area contributed by atoms with Gasteiger partial charge in [-0.05, 0) is 78.9 Å². The molecule has 0 bridgehead atoms. The Balaban J connectivity index is 1.25. The Bertz CT molecular complexity index is 1670. The molecule has 2 aliphatic rings. The maximum atomic E-state index is 12.8. The molecular formula is C36H49N7O4. The van der Waals surface area contributed by atoms with E-state index in [1.54, 1.807) is 18.1 Å². The summed E-state index contributed by atoms with van der Waals surface area (Å²) in [7, 11) is 1.68. The third-order valence-electron chi connectivity index (χ3n) is 8.78. The second-order valence-corrected chi connectivity index (χ2v) is 14.8. The second-order valence-electron chi connectivity index (χ2n) is 14.8. The fraction of sp³-hybridized carbons (Fsp3) is 0.500. The molecule has 0 radical (unpaired) electrons. The molecule has 1 fully saturated rings. The van der Waals surface area contributed by atoms with Crippen molar-refractivity contribution < 1.29 is 19.1 Å². The number of aromatic nitrogens is 4. The van der Waals surface area contributed by atoms with Crippen molar-refractivity contribution in [2.24, 2.45) is 0 Å². The molecule has 11 heteroatoms. The van der Waals surface area contributed by atoms with Gasteiger partial charge >= 0.3 is 12.2 Å². The maximum absolute atomic E-state index is 12.8. The summed E-state index contributed by atoms with van der Waals surface area (Å²) in [4.78, 5) is 41.4. The number of nitrogens with two attached hydrogens (primary N) is 1. The Hall–Kier alpha value is -4.54. The number of benzene rings is 1. The Morgan fingerprint density at radius 1 is 1.06 bits per heavy atom. The average Bonchev–Trinajstić information content (AvgIpc) is 3.75. The Labute approximate surface area is 277 Å². The zero-order valence-corrected chi connectivity index (χ0v) is 29.1. The summed E-state index contributed by atoms with van der Waals surface area (Å²) in [6.45, 7) is 15.9. The van der Waals surface area contributed by atoms with Crippen LogP contribution in [-0.2, 0) is 14.9 Å². The number of carbonyl (C=O) groups excluding carboxylic acids is 2. The first-order valence-corrected chi connectivity index (χ1v) is 16.3. The minimum atomic E-state index is -0.595. The van der Waals surface area contributed by atoms with Gasteiger partial charge in [0.15, 0.2) is 0 Å². The summed E-state index contributed by atoms with van der Waals surface area (Å²) in [5.41, 5.74) is 3.54. The summed E-state index contributed by atoms with van der Waals surface area (Å²) in [6, 6.07) is 7.86. The third-order valence-corrected chi connectivity index (χ3v) is 8.78. The first-order chi connectivity index (χ1) is 22.0. The van der Waals surface area contributed by atoms with Crippen molar-refractivity contribution in [2.75, 3.05) is 19.4 Å². The molecule has 0 saturated carbocycles. The number of H-pyrrole nitrogens is 1. The standard InChI is InChI=1S/C36H49N7O4/c1-23(41(9)32(44)46-34(2,3)4)31-39-22-29(43(31)37)25-12-14-26(15-13-25)36(8)18-16-24(17-19-36)27-21-38-30(40-27)28-11-10-20-42(28)33(45)47-35(5,6)7/h12-18,21-23,28H,10-11,19-20,37H2,1-9H3,(H,38,40)/t23-,28-,36?/m0/s1. The molecule has 1 unspecified atom stereocenters. The number of carbonyl (C=O) groups is 2. The van der Waals surface area contributed by atoms with Crippen LogP contribution >= 0.6 is 0 Å². The fourth-order valence-electron chi connectivity index (χ4n) is 5.97. The highest BCUT2D eigenvalue weighted by Crippen LogP contribution is 2.38.